The summed E-state index contributed by atoms with van der Waals surface area (Å²) in [6, 6.07) is -0.117. The molecule has 1 N–H and O–H groups in total. The number of Topliss-reactive ketones (excluding diaryl/α,β-unsaturated/α-hetero) is 2. The second kappa shape index (κ2) is 15.3. The van der Waals surface area contributed by atoms with E-state index in [9.17, 15) is 19.5 Å². The quantitative estimate of drug-likeness (QED) is 0.340. The number of ketones is 2. The molecule has 13 atom stereocenters. The van der Waals surface area contributed by atoms with Crippen LogP contribution in [0.25, 0.3) is 0 Å². The molecule has 3 aliphatic heterocycles. The monoisotopic (exact) mass is 672 g/mol. The fourth-order valence-corrected chi connectivity index (χ4v) is 7.83. The number of aliphatic hydroxyl groups is 1. The van der Waals surface area contributed by atoms with Crippen LogP contribution in [-0.2, 0) is 42.8 Å². The van der Waals surface area contributed by atoms with Crippen LogP contribution in [0.15, 0.2) is 4.99 Å². The number of nitrogens with zero attached hydrogens (tertiary/aromatic N) is 2. The van der Waals surface area contributed by atoms with Crippen LogP contribution in [0.4, 0.5) is 4.39 Å². The molecular formula is C34H57FN2O10. The number of aliphatic imine (C=N–C) groups is 1. The fraction of sp³-hybridized carbons (Fsp3) is 0.882. The zero-order valence-electron chi connectivity index (χ0n) is 30.2. The van der Waals surface area contributed by atoms with E-state index in [0.717, 1.165) is 6.92 Å². The van der Waals surface area contributed by atoms with Crippen LogP contribution in [0.1, 0.15) is 74.7 Å². The molecule has 0 aromatic heterocycles. The highest BCUT2D eigenvalue weighted by atomic mass is 19.1. The van der Waals surface area contributed by atoms with Crippen molar-refractivity contribution < 1.29 is 52.3 Å². The molecule has 3 rings (SSSR count). The van der Waals surface area contributed by atoms with E-state index < -0.39 is 90.2 Å². The van der Waals surface area contributed by atoms with Crippen LogP contribution in [0.3, 0.4) is 0 Å². The number of halogens is 1. The molecule has 0 aromatic carbocycles. The Morgan fingerprint density at radius 2 is 1.70 bits per heavy atom. The van der Waals surface area contributed by atoms with Gasteiger partial charge in [-0.15, -0.1) is 0 Å². The summed E-state index contributed by atoms with van der Waals surface area (Å²) in [6.45, 7) is 11.9. The van der Waals surface area contributed by atoms with Crippen molar-refractivity contribution in [1.29, 1.82) is 0 Å². The highest BCUT2D eigenvalue weighted by Gasteiger charge is 2.56. The summed E-state index contributed by atoms with van der Waals surface area (Å²) >= 11 is 0. The average molecular weight is 673 g/mol. The molecule has 12 nitrogen and oxygen atoms in total. The van der Waals surface area contributed by atoms with Gasteiger partial charge >= 0.3 is 5.97 Å². The number of carbonyl (C=O) groups is 3. The Balaban J connectivity index is 2.29. The summed E-state index contributed by atoms with van der Waals surface area (Å²) in [6.07, 6.45) is -4.57. The van der Waals surface area contributed by atoms with Gasteiger partial charge in [-0.3, -0.25) is 14.6 Å². The van der Waals surface area contributed by atoms with Crippen LogP contribution in [0, 0.1) is 17.8 Å². The summed E-state index contributed by atoms with van der Waals surface area (Å²) in [7, 11) is 7.02. The number of hydrogen-bond donors (Lipinski definition) is 1. The van der Waals surface area contributed by atoms with Crippen molar-refractivity contribution in [3.05, 3.63) is 0 Å². The molecule has 47 heavy (non-hydrogen) atoms. The summed E-state index contributed by atoms with van der Waals surface area (Å²) in [5.41, 5.74) is -5.79. The first-order valence-electron chi connectivity index (χ1n) is 16.7. The molecule has 2 bridgehead atoms. The lowest BCUT2D eigenvalue weighted by atomic mass is 9.73. The van der Waals surface area contributed by atoms with Gasteiger partial charge in [0.25, 0.3) is 5.67 Å². The molecule has 0 unspecified atom stereocenters. The summed E-state index contributed by atoms with van der Waals surface area (Å²) in [4.78, 5) is 47.6. The maximum atomic E-state index is 16.6. The van der Waals surface area contributed by atoms with Crippen molar-refractivity contribution in [3.8, 4) is 0 Å². The molecule has 3 saturated heterocycles. The van der Waals surface area contributed by atoms with E-state index in [1.165, 1.54) is 13.8 Å². The smallest absolute Gasteiger partial charge is 0.351 e. The van der Waals surface area contributed by atoms with E-state index in [4.69, 9.17) is 28.4 Å². The topological polar surface area (TPSA) is 142 Å². The predicted octanol–water partition coefficient (Wildman–Crippen LogP) is 2.95. The third kappa shape index (κ3) is 8.13. The number of fused-ring (bicyclic) bond motifs is 5. The second-order valence-corrected chi connectivity index (χ2v) is 14.4. The average Bonchev–Trinajstić information content (AvgIpc) is 3.00. The maximum Gasteiger partial charge on any atom is 0.351 e. The van der Waals surface area contributed by atoms with Crippen molar-refractivity contribution in [2.75, 3.05) is 41.5 Å². The van der Waals surface area contributed by atoms with Gasteiger partial charge in [0.2, 0.25) is 0 Å². The van der Waals surface area contributed by atoms with Gasteiger partial charge in [-0.2, -0.15) is 0 Å². The van der Waals surface area contributed by atoms with Gasteiger partial charge in [-0.05, 0) is 67.0 Å². The Bertz CT molecular complexity index is 1160. The largest absolute Gasteiger partial charge is 0.457 e. The van der Waals surface area contributed by atoms with Gasteiger partial charge in [-0.1, -0.05) is 27.7 Å². The molecule has 3 aliphatic rings. The lowest BCUT2D eigenvalue weighted by molar-refractivity contribution is -0.300. The van der Waals surface area contributed by atoms with Crippen LogP contribution in [-0.4, -0.2) is 134 Å². The van der Waals surface area contributed by atoms with E-state index in [-0.39, 0.29) is 30.9 Å². The molecule has 0 saturated carbocycles. The number of ether oxygens (including phenoxy) is 6. The molecule has 270 valence electrons. The zero-order valence-corrected chi connectivity index (χ0v) is 30.2. The maximum absolute atomic E-state index is 16.6. The van der Waals surface area contributed by atoms with Gasteiger partial charge in [0.15, 0.2) is 17.9 Å². The standard InChI is InChI=1S/C34H57FN2O10/c1-13-24-34(8,41)29-20(4)25(36-9)18(2)15-32(6,44-17-22(38)16-43-29)28(21(5)27(39)33(7,35)31(40)46-24)47-30-26(42-12)23(37(10)11)14-19(3)45-30/h18-21,23-24,26,28-30,41H,13-17H2,1-12H3/b36-25+/t18-,19-,20+,21+,23+,24-,26-,28-,29-,30+,32-,33+,34-/m1/s1. The highest BCUT2D eigenvalue weighted by molar-refractivity contribution is 6.07. The first-order chi connectivity index (χ1) is 21.8. The minimum Gasteiger partial charge on any atom is -0.457 e. The van der Waals surface area contributed by atoms with E-state index in [1.54, 1.807) is 28.0 Å². The van der Waals surface area contributed by atoms with Crippen LogP contribution >= 0.6 is 0 Å². The van der Waals surface area contributed by atoms with Gasteiger partial charge < -0.3 is 38.4 Å². The van der Waals surface area contributed by atoms with E-state index in [2.05, 4.69) is 4.99 Å². The first-order valence-corrected chi connectivity index (χ1v) is 16.7. The Kier molecular flexibility index (Phi) is 12.9. The molecule has 3 fully saturated rings. The van der Waals surface area contributed by atoms with Gasteiger partial charge in [0.05, 0.1) is 23.9 Å². The van der Waals surface area contributed by atoms with Crippen LogP contribution in [0.5, 0.6) is 0 Å². The Hall–Kier alpha value is -1.87. The number of hydrogen-bond acceptors (Lipinski definition) is 12. The van der Waals surface area contributed by atoms with E-state index in [1.807, 2.05) is 39.8 Å². The summed E-state index contributed by atoms with van der Waals surface area (Å²) in [5, 5.41) is 11.9. The van der Waals surface area contributed by atoms with Crippen molar-refractivity contribution >= 4 is 23.2 Å². The number of likely N-dealkylation sites (N-methyl/N-ethyl adjacent to an activating group) is 1. The number of rotatable bonds is 5. The first kappa shape index (κ1) is 39.6. The van der Waals surface area contributed by atoms with Crippen LogP contribution < -0.4 is 0 Å². The lowest BCUT2D eigenvalue weighted by Crippen LogP contribution is -2.61. The van der Waals surface area contributed by atoms with Gasteiger partial charge in [-0.25, -0.2) is 9.18 Å². The van der Waals surface area contributed by atoms with Gasteiger partial charge in [0, 0.05) is 37.7 Å². The second-order valence-electron chi connectivity index (χ2n) is 14.4. The molecule has 13 heteroatoms. The predicted molar refractivity (Wildman–Crippen MR) is 172 cm³/mol. The third-order valence-electron chi connectivity index (χ3n) is 10.3. The van der Waals surface area contributed by atoms with Crippen molar-refractivity contribution in [2.24, 2.45) is 22.7 Å². The minimum atomic E-state index is -3.12. The SMILES string of the molecule is CC[C@H]1OC(=O)[C@@](C)(F)C(=O)[C@H](C)[C@@H](O[C@@H]2O[C@H](C)C[C@H](N(C)C)[C@H]2OC)[C@@]2(C)C[C@@H](C)/C(=N\C)[C@H](C)[C@@H](OCC(=O)CO2)[C@]1(C)O. The van der Waals surface area contributed by atoms with Gasteiger partial charge in [0.1, 0.15) is 31.0 Å². The molecule has 0 radical (unpaired) electrons. The van der Waals surface area contributed by atoms with Crippen molar-refractivity contribution in [3.63, 3.8) is 0 Å². The number of alkyl halides is 1. The van der Waals surface area contributed by atoms with Crippen molar-refractivity contribution in [1.82, 2.24) is 4.90 Å². The molecule has 0 amide bonds. The Morgan fingerprint density at radius 3 is 2.26 bits per heavy atom. The molecule has 0 aliphatic carbocycles. The van der Waals surface area contributed by atoms with Crippen LogP contribution in [0.2, 0.25) is 0 Å². The molecule has 0 aromatic rings. The number of methoxy groups -OCH3 is 1. The van der Waals surface area contributed by atoms with Crippen molar-refractivity contribution in [2.45, 2.75) is 134 Å². The number of cyclic esters (lactones) is 1. The normalized spacial score (nSPS) is 45.7. The number of carbonyl (C=O) groups excluding carboxylic acids is 3. The molecule has 0 spiro atoms. The summed E-state index contributed by atoms with van der Waals surface area (Å²) in [5.74, 6) is -5.21. The number of esters is 1. The summed E-state index contributed by atoms with van der Waals surface area (Å²) < 4.78 is 53.5. The fourth-order valence-electron chi connectivity index (χ4n) is 7.83. The third-order valence-corrected chi connectivity index (χ3v) is 10.3. The zero-order chi connectivity index (χ0) is 35.6. The minimum absolute atomic E-state index is 0.0722. The molecular weight excluding hydrogens is 615 g/mol. The Labute approximate surface area is 279 Å². The van der Waals surface area contributed by atoms with E-state index >= 15 is 4.39 Å². The Morgan fingerprint density at radius 1 is 1.06 bits per heavy atom. The lowest BCUT2D eigenvalue weighted by Gasteiger charge is -2.48. The highest BCUT2D eigenvalue weighted by Crippen LogP contribution is 2.41. The molecule has 3 heterocycles. The van der Waals surface area contributed by atoms with E-state index in [0.29, 0.717) is 12.1 Å².